The van der Waals surface area contributed by atoms with E-state index < -0.39 is 17.7 Å². The van der Waals surface area contributed by atoms with Crippen LogP contribution in [0.15, 0.2) is 72.3 Å². The molecule has 1 saturated heterocycles. The summed E-state index contributed by atoms with van der Waals surface area (Å²) < 4.78 is 11.6. The Hall–Kier alpha value is -4.06. The fourth-order valence-corrected chi connectivity index (χ4v) is 5.45. The van der Waals surface area contributed by atoms with Gasteiger partial charge in [-0.2, -0.15) is 0 Å². The van der Waals surface area contributed by atoms with Crippen LogP contribution in [0.25, 0.3) is 5.76 Å². The number of aryl methyl sites for hydroxylation is 2. The molecule has 5 rings (SSSR count). The number of hydrogen-bond acceptors (Lipinski definition) is 5. The number of nitrogens with zero attached hydrogens (tertiary/aromatic N) is 1. The van der Waals surface area contributed by atoms with Gasteiger partial charge >= 0.3 is 0 Å². The standard InChI is InChI=1S/C32H33NO5/c1-3-17-33-29(24-15-16-26(37-2)27(19-24)38-20-21-9-5-4-6-10-21)28(31(35)32(33)36)30(34)25-14-13-22-11-7-8-12-23(22)18-25/h4-6,9-10,13-16,18-19,29,34H,3,7-8,11-12,17,20H2,1-2H3/b30-28+. The summed E-state index contributed by atoms with van der Waals surface area (Å²) in [5.41, 5.74) is 4.84. The number of Topliss-reactive ketones (excluding diaryl/α,β-unsaturated/α-hetero) is 1. The van der Waals surface area contributed by atoms with Crippen molar-refractivity contribution in [1.82, 2.24) is 4.90 Å². The molecule has 6 nitrogen and oxygen atoms in total. The van der Waals surface area contributed by atoms with Gasteiger partial charge in [0, 0.05) is 12.1 Å². The highest BCUT2D eigenvalue weighted by atomic mass is 16.5. The van der Waals surface area contributed by atoms with Crippen LogP contribution in [-0.4, -0.2) is 35.4 Å². The zero-order chi connectivity index (χ0) is 26.6. The molecule has 1 heterocycles. The van der Waals surface area contributed by atoms with Gasteiger partial charge < -0.3 is 19.5 Å². The average Bonchev–Trinajstić information content (AvgIpc) is 3.21. The maximum absolute atomic E-state index is 13.3. The Kier molecular flexibility index (Phi) is 7.50. The highest BCUT2D eigenvalue weighted by molar-refractivity contribution is 6.46. The molecule has 3 aromatic carbocycles. The number of ketones is 1. The van der Waals surface area contributed by atoms with Gasteiger partial charge in [0.05, 0.1) is 18.7 Å². The Morgan fingerprint density at radius 1 is 0.947 bits per heavy atom. The monoisotopic (exact) mass is 511 g/mol. The van der Waals surface area contributed by atoms with E-state index in [-0.39, 0.29) is 11.3 Å². The number of methoxy groups -OCH3 is 1. The van der Waals surface area contributed by atoms with Crippen LogP contribution in [0, 0.1) is 0 Å². The van der Waals surface area contributed by atoms with Gasteiger partial charge in [0.15, 0.2) is 11.5 Å². The summed E-state index contributed by atoms with van der Waals surface area (Å²) in [5, 5.41) is 11.5. The van der Waals surface area contributed by atoms with Crippen molar-refractivity contribution in [2.45, 2.75) is 51.7 Å². The summed E-state index contributed by atoms with van der Waals surface area (Å²) >= 11 is 0. The van der Waals surface area contributed by atoms with E-state index >= 15 is 0 Å². The molecule has 3 aromatic rings. The van der Waals surface area contributed by atoms with E-state index in [0.29, 0.717) is 42.2 Å². The minimum atomic E-state index is -0.726. The maximum Gasteiger partial charge on any atom is 0.295 e. The van der Waals surface area contributed by atoms with Crippen molar-refractivity contribution >= 4 is 17.4 Å². The number of fused-ring (bicyclic) bond motifs is 1. The van der Waals surface area contributed by atoms with E-state index in [1.807, 2.05) is 61.5 Å². The molecule has 1 atom stereocenters. The molecule has 1 unspecified atom stereocenters. The smallest absolute Gasteiger partial charge is 0.295 e. The zero-order valence-electron chi connectivity index (χ0n) is 21.9. The summed E-state index contributed by atoms with van der Waals surface area (Å²) in [6.07, 6.45) is 4.91. The molecule has 38 heavy (non-hydrogen) atoms. The minimum absolute atomic E-state index is 0.110. The number of ether oxygens (including phenoxy) is 2. The van der Waals surface area contributed by atoms with Crippen LogP contribution in [0.4, 0.5) is 0 Å². The first kappa shape index (κ1) is 25.6. The SMILES string of the molecule is CCCN1C(=O)C(=O)/C(=C(/O)c2ccc3c(c2)CCCC3)C1c1ccc(OC)c(OCc2ccccc2)c1. The number of hydrogen-bond donors (Lipinski definition) is 1. The Bertz CT molecular complexity index is 1380. The first-order valence-electron chi connectivity index (χ1n) is 13.3. The summed E-state index contributed by atoms with van der Waals surface area (Å²) in [7, 11) is 1.57. The lowest BCUT2D eigenvalue weighted by Crippen LogP contribution is -2.30. The number of aliphatic hydroxyl groups is 1. The average molecular weight is 512 g/mol. The molecule has 0 radical (unpaired) electrons. The van der Waals surface area contributed by atoms with Gasteiger partial charge in [-0.25, -0.2) is 0 Å². The fourth-order valence-electron chi connectivity index (χ4n) is 5.45. The van der Waals surface area contributed by atoms with E-state index in [4.69, 9.17) is 9.47 Å². The first-order valence-corrected chi connectivity index (χ1v) is 13.3. The van der Waals surface area contributed by atoms with Gasteiger partial charge in [0.2, 0.25) is 0 Å². The van der Waals surface area contributed by atoms with E-state index in [1.54, 1.807) is 24.1 Å². The lowest BCUT2D eigenvalue weighted by atomic mass is 9.88. The molecule has 0 bridgehead atoms. The van der Waals surface area contributed by atoms with Crippen molar-refractivity contribution in [2.24, 2.45) is 0 Å². The third-order valence-electron chi connectivity index (χ3n) is 7.37. The molecule has 6 heteroatoms. The summed E-state index contributed by atoms with van der Waals surface area (Å²) in [5.74, 6) is -0.348. The molecule has 1 aliphatic carbocycles. The van der Waals surface area contributed by atoms with Crippen molar-refractivity contribution in [1.29, 1.82) is 0 Å². The Balaban J connectivity index is 1.57. The second-order valence-electron chi connectivity index (χ2n) is 9.87. The number of rotatable bonds is 8. The molecular formula is C32H33NO5. The normalized spacial score (nSPS) is 18.4. The maximum atomic E-state index is 13.3. The van der Waals surface area contributed by atoms with Gasteiger partial charge in [-0.15, -0.1) is 0 Å². The van der Waals surface area contributed by atoms with E-state index in [9.17, 15) is 14.7 Å². The lowest BCUT2D eigenvalue weighted by molar-refractivity contribution is -0.139. The minimum Gasteiger partial charge on any atom is -0.507 e. The van der Waals surface area contributed by atoms with Crippen LogP contribution in [0.1, 0.15) is 60.0 Å². The number of likely N-dealkylation sites (tertiary alicyclic amines) is 1. The largest absolute Gasteiger partial charge is 0.507 e. The van der Waals surface area contributed by atoms with Crippen molar-refractivity contribution in [3.05, 3.63) is 100 Å². The third kappa shape index (κ3) is 4.91. The summed E-state index contributed by atoms with van der Waals surface area (Å²) in [6.45, 7) is 2.69. The van der Waals surface area contributed by atoms with E-state index in [1.165, 1.54) is 11.1 Å². The van der Waals surface area contributed by atoms with Crippen LogP contribution < -0.4 is 9.47 Å². The van der Waals surface area contributed by atoms with Crippen molar-refractivity contribution in [3.63, 3.8) is 0 Å². The topological polar surface area (TPSA) is 76.1 Å². The van der Waals surface area contributed by atoms with Crippen LogP contribution in [0.2, 0.25) is 0 Å². The quantitative estimate of drug-likeness (QED) is 0.229. The summed E-state index contributed by atoms with van der Waals surface area (Å²) in [4.78, 5) is 28.0. The highest BCUT2D eigenvalue weighted by Crippen LogP contribution is 2.42. The number of carbonyl (C=O) groups excluding carboxylic acids is 2. The lowest BCUT2D eigenvalue weighted by Gasteiger charge is -2.26. The van der Waals surface area contributed by atoms with Gasteiger partial charge in [-0.05, 0) is 72.6 Å². The van der Waals surface area contributed by atoms with Gasteiger partial charge in [0.1, 0.15) is 12.4 Å². The highest BCUT2D eigenvalue weighted by Gasteiger charge is 2.46. The molecule has 1 N–H and O–H groups in total. The number of benzene rings is 3. The van der Waals surface area contributed by atoms with Crippen LogP contribution in [-0.2, 0) is 29.0 Å². The third-order valence-corrected chi connectivity index (χ3v) is 7.37. The number of amides is 1. The second kappa shape index (κ2) is 11.1. The molecule has 2 aliphatic rings. The van der Waals surface area contributed by atoms with Gasteiger partial charge in [0.25, 0.3) is 11.7 Å². The second-order valence-corrected chi connectivity index (χ2v) is 9.87. The summed E-state index contributed by atoms with van der Waals surface area (Å²) in [6, 6.07) is 20.3. The van der Waals surface area contributed by atoms with Crippen LogP contribution in [0.3, 0.4) is 0 Å². The number of carbonyl (C=O) groups is 2. The molecular weight excluding hydrogens is 478 g/mol. The first-order chi connectivity index (χ1) is 18.5. The predicted octanol–water partition coefficient (Wildman–Crippen LogP) is 5.98. The molecule has 0 saturated carbocycles. The molecule has 1 amide bonds. The predicted molar refractivity (Wildman–Crippen MR) is 146 cm³/mol. The number of aliphatic hydroxyl groups excluding tert-OH is 1. The molecule has 0 aromatic heterocycles. The molecule has 0 spiro atoms. The molecule has 196 valence electrons. The zero-order valence-corrected chi connectivity index (χ0v) is 21.9. The van der Waals surface area contributed by atoms with Crippen LogP contribution in [0.5, 0.6) is 11.5 Å². The van der Waals surface area contributed by atoms with E-state index in [0.717, 1.165) is 31.2 Å². The fraction of sp³-hybridized carbons (Fsp3) is 0.312. The van der Waals surface area contributed by atoms with Gasteiger partial charge in [-0.1, -0.05) is 55.5 Å². The van der Waals surface area contributed by atoms with E-state index in [2.05, 4.69) is 0 Å². The Morgan fingerprint density at radius 3 is 2.45 bits per heavy atom. The van der Waals surface area contributed by atoms with Crippen molar-refractivity contribution < 1.29 is 24.2 Å². The Labute approximate surface area is 223 Å². The molecule has 1 fully saturated rings. The van der Waals surface area contributed by atoms with Crippen molar-refractivity contribution in [3.8, 4) is 11.5 Å². The Morgan fingerprint density at radius 2 is 1.71 bits per heavy atom. The van der Waals surface area contributed by atoms with Crippen molar-refractivity contribution in [2.75, 3.05) is 13.7 Å². The van der Waals surface area contributed by atoms with Gasteiger partial charge in [-0.3, -0.25) is 9.59 Å². The van der Waals surface area contributed by atoms with Crippen LogP contribution >= 0.6 is 0 Å². The molecule has 1 aliphatic heterocycles.